The molecule has 16 heteroatoms. The average molecular weight is 848 g/mol. The Morgan fingerprint density at radius 1 is 0.842 bits per heavy atom. The molecule has 0 radical (unpaired) electrons. The topological polar surface area (TPSA) is 127 Å². The van der Waals surface area contributed by atoms with E-state index in [-0.39, 0.29) is 54.9 Å². The molecule has 3 amide bonds. The minimum atomic E-state index is -0.323. The highest BCUT2D eigenvalue weighted by Gasteiger charge is 2.23. The fraction of sp³-hybridized carbons (Fsp3) is 0.463. The molecule has 57 heavy (non-hydrogen) atoms. The van der Waals surface area contributed by atoms with Gasteiger partial charge in [0, 0.05) is 71.4 Å². The number of hydrogen-bond donors (Lipinski definition) is 2. The first-order valence-corrected chi connectivity index (χ1v) is 19.0. The van der Waals surface area contributed by atoms with Gasteiger partial charge < -0.3 is 39.4 Å². The third kappa shape index (κ3) is 12.2. The lowest BCUT2D eigenvalue weighted by molar-refractivity contribution is -0.132. The maximum absolute atomic E-state index is 13.8. The maximum atomic E-state index is 13.8. The molecule has 0 atom stereocenters. The van der Waals surface area contributed by atoms with E-state index in [0.29, 0.717) is 59.1 Å². The number of nitrogens with zero attached hydrogens (tertiary/aromatic N) is 6. The first-order valence-electron chi connectivity index (χ1n) is 19.0. The van der Waals surface area contributed by atoms with Crippen LogP contribution in [0.25, 0.3) is 11.0 Å². The number of methoxy groups -OCH3 is 1. The number of halogens is 3. The van der Waals surface area contributed by atoms with Crippen molar-refractivity contribution < 1.29 is 23.9 Å². The fourth-order valence-corrected chi connectivity index (χ4v) is 6.94. The number of fused-ring (bicyclic) bond motifs is 1. The second-order valence-electron chi connectivity index (χ2n) is 14.5. The Hall–Kier alpha value is -4.11. The second kappa shape index (κ2) is 22.2. The molecule has 312 valence electrons. The molecule has 2 N–H and O–H groups in total. The number of aryl methyl sites for hydroxylation is 1. The van der Waals surface area contributed by atoms with Crippen LogP contribution in [0, 0.1) is 6.92 Å². The number of H-pyrrole nitrogens is 1. The molecular weight excluding hydrogens is 791 g/mol. The zero-order valence-electron chi connectivity index (χ0n) is 33.5. The molecule has 1 aromatic heterocycles. The molecule has 3 heterocycles. The average Bonchev–Trinajstić information content (AvgIpc) is 3.59. The number of aromatic amines is 1. The number of anilines is 2. The molecule has 0 saturated carbocycles. The number of benzene rings is 3. The highest BCUT2D eigenvalue weighted by atomic mass is 35.5. The van der Waals surface area contributed by atoms with Crippen molar-refractivity contribution in [2.75, 3.05) is 97.4 Å². The Balaban J connectivity index is 0.00000290. The van der Waals surface area contributed by atoms with E-state index in [0.717, 1.165) is 88.5 Å². The Bertz CT molecular complexity index is 1950. The fourth-order valence-electron chi connectivity index (χ4n) is 6.94. The van der Waals surface area contributed by atoms with Crippen molar-refractivity contribution in [1.29, 1.82) is 0 Å². The third-order valence-corrected chi connectivity index (χ3v) is 10.4. The van der Waals surface area contributed by atoms with Crippen molar-refractivity contribution in [3.8, 4) is 11.5 Å². The Labute approximate surface area is 354 Å². The highest BCUT2D eigenvalue weighted by Crippen LogP contribution is 2.32. The Kier molecular flexibility index (Phi) is 18.4. The third-order valence-electron chi connectivity index (χ3n) is 10.4. The summed E-state index contributed by atoms with van der Waals surface area (Å²) in [6.45, 7) is 10.6. The Morgan fingerprint density at radius 2 is 1.54 bits per heavy atom. The molecule has 2 aliphatic rings. The number of imidazole rings is 1. The van der Waals surface area contributed by atoms with Crippen molar-refractivity contribution in [3.05, 3.63) is 77.1 Å². The van der Waals surface area contributed by atoms with Gasteiger partial charge in [-0.25, -0.2) is 4.98 Å². The van der Waals surface area contributed by atoms with Crippen LogP contribution in [0.2, 0.25) is 0 Å². The first kappa shape index (κ1) is 47.3. The molecule has 0 spiro atoms. The molecule has 13 nitrogen and oxygen atoms in total. The lowest BCUT2D eigenvalue weighted by atomic mass is 10.1. The van der Waals surface area contributed by atoms with E-state index in [2.05, 4.69) is 39.1 Å². The number of carbonyl (C=O) groups excluding carboxylic acids is 3. The summed E-state index contributed by atoms with van der Waals surface area (Å²) in [6.07, 6.45) is 3.06. The minimum absolute atomic E-state index is 0. The smallest absolute Gasteiger partial charge is 0.258 e. The second-order valence-corrected chi connectivity index (χ2v) is 14.5. The van der Waals surface area contributed by atoms with Crippen molar-refractivity contribution >= 4 is 77.4 Å². The molecule has 0 bridgehead atoms. The van der Waals surface area contributed by atoms with E-state index < -0.39 is 0 Å². The van der Waals surface area contributed by atoms with E-state index in [1.165, 1.54) is 7.11 Å². The van der Waals surface area contributed by atoms with Crippen LogP contribution in [0.3, 0.4) is 0 Å². The summed E-state index contributed by atoms with van der Waals surface area (Å²) in [6, 6.07) is 16.3. The van der Waals surface area contributed by atoms with Gasteiger partial charge in [0.2, 0.25) is 5.91 Å². The number of aromatic nitrogens is 2. The number of ether oxygens (including phenoxy) is 2. The maximum Gasteiger partial charge on any atom is 0.258 e. The standard InChI is InChI=1S/C41H54N8O5.3ClH/c1-29-13-16-34(36(26-29)54-25-8-6-7-12-38(50)49-23-19-46(3)20-24-49)47(4)41(52)30-14-15-32(35(27-30)53-5)43-40(51)31-10-9-11-33-39(31)44-37(42-33)28-48-21-17-45(2)18-22-48;;;/h9-11,13-16,26-27H,6-8,12,17-25,28H2,1-5H3,(H,42,44)(H,43,51);3*1H. The number of carbonyl (C=O) groups is 3. The predicted molar refractivity (Wildman–Crippen MR) is 234 cm³/mol. The molecule has 6 rings (SSSR count). The SMILES string of the molecule is COc1cc(C(=O)N(C)c2ccc(C)cc2OCCCCCC(=O)N2CCN(C)CC2)ccc1NC(=O)c1cccc2[nH]c(CN3CCN(C)CC3)nc12.Cl.Cl.Cl. The molecule has 2 saturated heterocycles. The Morgan fingerprint density at radius 3 is 2.25 bits per heavy atom. The lowest BCUT2D eigenvalue weighted by Gasteiger charge is -2.32. The van der Waals surface area contributed by atoms with Gasteiger partial charge in [-0.1, -0.05) is 12.1 Å². The lowest BCUT2D eigenvalue weighted by Crippen LogP contribution is -2.47. The van der Waals surface area contributed by atoms with Crippen LogP contribution >= 0.6 is 37.2 Å². The normalized spacial score (nSPS) is 14.9. The van der Waals surface area contributed by atoms with Gasteiger partial charge in [-0.05, 0) is 88.3 Å². The van der Waals surface area contributed by atoms with Crippen LogP contribution < -0.4 is 19.7 Å². The van der Waals surface area contributed by atoms with Crippen LogP contribution in [0.1, 0.15) is 57.8 Å². The number of unbranched alkanes of at least 4 members (excludes halogenated alkanes) is 2. The summed E-state index contributed by atoms with van der Waals surface area (Å²) in [5.41, 5.74) is 4.36. The van der Waals surface area contributed by atoms with E-state index in [1.807, 2.05) is 42.2 Å². The molecule has 3 aromatic carbocycles. The summed E-state index contributed by atoms with van der Waals surface area (Å²) < 4.78 is 11.9. The number of likely N-dealkylation sites (N-methyl/N-ethyl adjacent to an activating group) is 2. The van der Waals surface area contributed by atoms with Gasteiger partial charge in [0.25, 0.3) is 11.8 Å². The molecule has 0 aliphatic carbocycles. The van der Waals surface area contributed by atoms with Gasteiger partial charge in [0.05, 0.1) is 42.7 Å². The van der Waals surface area contributed by atoms with E-state index in [4.69, 9.17) is 14.5 Å². The first-order chi connectivity index (χ1) is 26.1. The van der Waals surface area contributed by atoms with Crippen molar-refractivity contribution in [2.45, 2.75) is 39.2 Å². The van der Waals surface area contributed by atoms with Crippen LogP contribution in [0.4, 0.5) is 11.4 Å². The minimum Gasteiger partial charge on any atom is -0.495 e. The number of rotatable bonds is 14. The highest BCUT2D eigenvalue weighted by molar-refractivity contribution is 6.12. The summed E-state index contributed by atoms with van der Waals surface area (Å²) in [5, 5.41) is 2.97. The molecule has 2 fully saturated rings. The monoisotopic (exact) mass is 846 g/mol. The van der Waals surface area contributed by atoms with Crippen molar-refractivity contribution in [1.82, 2.24) is 29.6 Å². The van der Waals surface area contributed by atoms with Crippen LogP contribution in [0.5, 0.6) is 11.5 Å². The van der Waals surface area contributed by atoms with Crippen molar-refractivity contribution in [3.63, 3.8) is 0 Å². The van der Waals surface area contributed by atoms with Gasteiger partial charge in [-0.15, -0.1) is 37.2 Å². The van der Waals surface area contributed by atoms with Crippen molar-refractivity contribution in [2.24, 2.45) is 0 Å². The molecule has 0 unspecified atom stereocenters. The summed E-state index contributed by atoms with van der Waals surface area (Å²) in [7, 11) is 7.44. The van der Waals surface area contributed by atoms with Gasteiger partial charge in [0.15, 0.2) is 0 Å². The van der Waals surface area contributed by atoms with Crippen LogP contribution in [-0.2, 0) is 11.3 Å². The number of amides is 3. The predicted octanol–water partition coefficient (Wildman–Crippen LogP) is 6.13. The van der Waals surface area contributed by atoms with Gasteiger partial charge in [-0.2, -0.15) is 0 Å². The molecule has 4 aromatic rings. The van der Waals surface area contributed by atoms with Crippen LogP contribution in [-0.4, -0.2) is 135 Å². The number of nitrogens with one attached hydrogen (secondary N) is 2. The quantitative estimate of drug-likeness (QED) is 0.144. The van der Waals surface area contributed by atoms with E-state index in [9.17, 15) is 14.4 Å². The van der Waals surface area contributed by atoms with Gasteiger partial charge in [-0.3, -0.25) is 19.3 Å². The largest absolute Gasteiger partial charge is 0.495 e. The number of hydrogen-bond acceptors (Lipinski definition) is 9. The number of para-hydroxylation sites is 1. The summed E-state index contributed by atoms with van der Waals surface area (Å²) in [5.74, 6) is 1.46. The zero-order valence-corrected chi connectivity index (χ0v) is 36.0. The van der Waals surface area contributed by atoms with E-state index in [1.54, 1.807) is 36.2 Å². The number of piperazine rings is 2. The summed E-state index contributed by atoms with van der Waals surface area (Å²) in [4.78, 5) is 58.6. The van der Waals surface area contributed by atoms with Gasteiger partial charge >= 0.3 is 0 Å². The van der Waals surface area contributed by atoms with Gasteiger partial charge in [0.1, 0.15) is 22.8 Å². The van der Waals surface area contributed by atoms with Crippen LogP contribution in [0.15, 0.2) is 54.6 Å². The molecule has 2 aliphatic heterocycles. The summed E-state index contributed by atoms with van der Waals surface area (Å²) >= 11 is 0. The molecular formula is C41H57Cl3N8O5. The van der Waals surface area contributed by atoms with E-state index >= 15 is 0 Å². The zero-order chi connectivity index (χ0) is 38.2.